The summed E-state index contributed by atoms with van der Waals surface area (Å²) >= 11 is 1.49. The average molecular weight is 325 g/mol. The lowest BCUT2D eigenvalue weighted by molar-refractivity contribution is 0.0954. The first-order valence-electron chi connectivity index (χ1n) is 7.20. The maximum Gasteiger partial charge on any atom is 0.255 e. The summed E-state index contributed by atoms with van der Waals surface area (Å²) < 4.78 is 0.966. The topological polar surface area (TPSA) is 71.1 Å². The van der Waals surface area contributed by atoms with Gasteiger partial charge in [0.25, 0.3) is 11.8 Å². The first-order chi connectivity index (χ1) is 11.2. The highest BCUT2D eigenvalue weighted by Crippen LogP contribution is 2.20. The molecule has 3 aromatic rings. The van der Waals surface area contributed by atoms with Gasteiger partial charge < -0.3 is 10.6 Å². The third kappa shape index (κ3) is 3.37. The van der Waals surface area contributed by atoms with Gasteiger partial charge in [-0.25, -0.2) is 4.98 Å². The molecule has 0 fully saturated rings. The molecule has 0 radical (unpaired) electrons. The van der Waals surface area contributed by atoms with E-state index in [0.717, 1.165) is 10.2 Å². The number of thiazole rings is 1. The highest BCUT2D eigenvalue weighted by atomic mass is 32.1. The van der Waals surface area contributed by atoms with E-state index >= 15 is 0 Å². The fourth-order valence-corrected chi connectivity index (χ4v) is 2.92. The van der Waals surface area contributed by atoms with Gasteiger partial charge >= 0.3 is 0 Å². The van der Waals surface area contributed by atoms with Crippen LogP contribution in [-0.2, 0) is 0 Å². The van der Waals surface area contributed by atoms with Gasteiger partial charge in [0.05, 0.1) is 15.7 Å². The zero-order chi connectivity index (χ0) is 16.2. The average Bonchev–Trinajstić information content (AvgIpc) is 3.03. The van der Waals surface area contributed by atoms with E-state index < -0.39 is 0 Å². The molecule has 116 valence electrons. The Morgan fingerprint density at radius 1 is 1.09 bits per heavy atom. The number of aromatic nitrogens is 1. The van der Waals surface area contributed by atoms with Crippen LogP contribution in [0.15, 0.2) is 48.0 Å². The molecule has 1 heterocycles. The van der Waals surface area contributed by atoms with Crippen LogP contribution in [-0.4, -0.2) is 23.3 Å². The summed E-state index contributed by atoms with van der Waals surface area (Å²) in [5, 5.41) is 5.55. The summed E-state index contributed by atoms with van der Waals surface area (Å²) in [5.41, 5.74) is 4.29. The molecule has 0 atom stereocenters. The largest absolute Gasteiger partial charge is 0.352 e. The minimum atomic E-state index is -0.214. The van der Waals surface area contributed by atoms with E-state index in [0.29, 0.717) is 23.4 Å². The fraction of sp³-hybridized carbons (Fsp3) is 0.118. The van der Waals surface area contributed by atoms with E-state index in [2.05, 4.69) is 15.6 Å². The van der Waals surface area contributed by atoms with Gasteiger partial charge in [0, 0.05) is 23.4 Å². The van der Waals surface area contributed by atoms with Crippen LogP contribution in [0.4, 0.5) is 5.69 Å². The quantitative estimate of drug-likeness (QED) is 0.773. The van der Waals surface area contributed by atoms with E-state index in [-0.39, 0.29) is 11.8 Å². The molecule has 3 rings (SSSR count). The molecule has 1 aromatic heterocycles. The molecule has 0 saturated carbocycles. The highest BCUT2D eigenvalue weighted by Gasteiger charge is 2.10. The number of fused-ring (bicyclic) bond motifs is 1. The second-order valence-corrected chi connectivity index (χ2v) is 5.82. The standard InChI is InChI=1S/C17H15N3O2S/c1-2-18-16(21)11-4-3-5-13(8-11)20-17(22)12-6-7-14-15(9-12)23-10-19-14/h3-10H,2H2,1H3,(H,18,21)(H,20,22). The lowest BCUT2D eigenvalue weighted by Crippen LogP contribution is -2.22. The van der Waals surface area contributed by atoms with Crippen molar-refractivity contribution in [3.05, 3.63) is 59.1 Å². The number of rotatable bonds is 4. The highest BCUT2D eigenvalue weighted by molar-refractivity contribution is 7.16. The molecule has 0 spiro atoms. The van der Waals surface area contributed by atoms with Crippen molar-refractivity contribution in [1.29, 1.82) is 0 Å². The molecule has 6 heteroatoms. The molecule has 2 amide bonds. The summed E-state index contributed by atoms with van der Waals surface area (Å²) in [6.07, 6.45) is 0. The van der Waals surface area contributed by atoms with Gasteiger partial charge in [0.15, 0.2) is 0 Å². The monoisotopic (exact) mass is 325 g/mol. The fourth-order valence-electron chi connectivity index (χ4n) is 2.20. The SMILES string of the molecule is CCNC(=O)c1cccc(NC(=O)c2ccc3ncsc3c2)c1. The van der Waals surface area contributed by atoms with Gasteiger partial charge in [-0.15, -0.1) is 11.3 Å². The van der Waals surface area contributed by atoms with Crippen LogP contribution in [0.1, 0.15) is 27.6 Å². The molecule has 0 aliphatic carbocycles. The minimum Gasteiger partial charge on any atom is -0.352 e. The van der Waals surface area contributed by atoms with Crippen LogP contribution >= 0.6 is 11.3 Å². The number of hydrogen-bond donors (Lipinski definition) is 2. The number of benzene rings is 2. The van der Waals surface area contributed by atoms with Crippen molar-refractivity contribution in [3.8, 4) is 0 Å². The minimum absolute atomic E-state index is 0.158. The molecule has 0 aliphatic heterocycles. The number of carbonyl (C=O) groups is 2. The van der Waals surface area contributed by atoms with Crippen LogP contribution in [0.2, 0.25) is 0 Å². The van der Waals surface area contributed by atoms with Crippen molar-refractivity contribution >= 4 is 39.1 Å². The Balaban J connectivity index is 1.79. The van der Waals surface area contributed by atoms with Crippen LogP contribution in [0.5, 0.6) is 0 Å². The molecule has 5 nitrogen and oxygen atoms in total. The molecule has 0 saturated heterocycles. The Hall–Kier alpha value is -2.73. The zero-order valence-electron chi connectivity index (χ0n) is 12.5. The Labute approximate surface area is 137 Å². The maximum atomic E-state index is 12.4. The van der Waals surface area contributed by atoms with Crippen LogP contribution < -0.4 is 10.6 Å². The molecule has 23 heavy (non-hydrogen) atoms. The third-order valence-electron chi connectivity index (χ3n) is 3.31. The zero-order valence-corrected chi connectivity index (χ0v) is 13.3. The summed E-state index contributed by atoms with van der Waals surface area (Å²) in [7, 11) is 0. The second-order valence-electron chi connectivity index (χ2n) is 4.93. The van der Waals surface area contributed by atoms with Crippen molar-refractivity contribution in [3.63, 3.8) is 0 Å². The van der Waals surface area contributed by atoms with E-state index in [1.807, 2.05) is 19.1 Å². The summed E-state index contributed by atoms with van der Waals surface area (Å²) in [6.45, 7) is 2.42. The molecule has 0 unspecified atom stereocenters. The van der Waals surface area contributed by atoms with Gasteiger partial charge in [0.2, 0.25) is 0 Å². The summed E-state index contributed by atoms with van der Waals surface area (Å²) in [6, 6.07) is 12.3. The molecule has 0 bridgehead atoms. The second kappa shape index (κ2) is 6.58. The predicted octanol–water partition coefficient (Wildman–Crippen LogP) is 3.30. The number of nitrogens with one attached hydrogen (secondary N) is 2. The lowest BCUT2D eigenvalue weighted by Gasteiger charge is -2.08. The normalized spacial score (nSPS) is 10.5. The van der Waals surface area contributed by atoms with Gasteiger partial charge in [-0.1, -0.05) is 6.07 Å². The van der Waals surface area contributed by atoms with Crippen LogP contribution in [0, 0.1) is 0 Å². The van der Waals surface area contributed by atoms with E-state index in [1.54, 1.807) is 35.8 Å². The van der Waals surface area contributed by atoms with Crippen molar-refractivity contribution in [2.45, 2.75) is 6.92 Å². The molecule has 0 aliphatic rings. The summed E-state index contributed by atoms with van der Waals surface area (Å²) in [5.74, 6) is -0.372. The predicted molar refractivity (Wildman–Crippen MR) is 92.0 cm³/mol. The Bertz CT molecular complexity index is 873. The maximum absolute atomic E-state index is 12.4. The van der Waals surface area contributed by atoms with E-state index in [1.165, 1.54) is 11.3 Å². The molecule has 2 N–H and O–H groups in total. The van der Waals surface area contributed by atoms with Crippen molar-refractivity contribution in [1.82, 2.24) is 10.3 Å². The smallest absolute Gasteiger partial charge is 0.255 e. The van der Waals surface area contributed by atoms with Gasteiger partial charge in [0.1, 0.15) is 0 Å². The first-order valence-corrected chi connectivity index (χ1v) is 8.08. The first kappa shape index (κ1) is 15.2. The van der Waals surface area contributed by atoms with Gasteiger partial charge in [-0.3, -0.25) is 9.59 Å². The van der Waals surface area contributed by atoms with Crippen molar-refractivity contribution < 1.29 is 9.59 Å². The Morgan fingerprint density at radius 2 is 1.91 bits per heavy atom. The van der Waals surface area contributed by atoms with Crippen molar-refractivity contribution in [2.24, 2.45) is 0 Å². The number of amides is 2. The molecular formula is C17H15N3O2S. The number of hydrogen-bond acceptors (Lipinski definition) is 4. The Kier molecular flexibility index (Phi) is 4.34. The summed E-state index contributed by atoms with van der Waals surface area (Å²) in [4.78, 5) is 28.4. The van der Waals surface area contributed by atoms with Crippen LogP contribution in [0.3, 0.4) is 0 Å². The molecular weight excluding hydrogens is 310 g/mol. The molecule has 2 aromatic carbocycles. The number of nitrogens with zero attached hydrogens (tertiary/aromatic N) is 1. The van der Waals surface area contributed by atoms with E-state index in [4.69, 9.17) is 0 Å². The van der Waals surface area contributed by atoms with E-state index in [9.17, 15) is 9.59 Å². The Morgan fingerprint density at radius 3 is 2.74 bits per heavy atom. The van der Waals surface area contributed by atoms with Crippen molar-refractivity contribution in [2.75, 3.05) is 11.9 Å². The lowest BCUT2D eigenvalue weighted by atomic mass is 10.1. The number of carbonyl (C=O) groups excluding carboxylic acids is 2. The van der Waals surface area contributed by atoms with Gasteiger partial charge in [-0.2, -0.15) is 0 Å². The third-order valence-corrected chi connectivity index (χ3v) is 4.11. The van der Waals surface area contributed by atoms with Crippen LogP contribution in [0.25, 0.3) is 10.2 Å². The number of anilines is 1. The van der Waals surface area contributed by atoms with Gasteiger partial charge in [-0.05, 0) is 43.3 Å².